The minimum Gasteiger partial charge on any atom is -0.300 e. The molecule has 0 amide bonds. The van der Waals surface area contributed by atoms with E-state index in [0.29, 0.717) is 0 Å². The highest BCUT2D eigenvalue weighted by Crippen LogP contribution is 2.20. The average molecular weight is 366 g/mol. The minimum absolute atomic E-state index is 0.878. The van der Waals surface area contributed by atoms with Gasteiger partial charge in [0.05, 0.1) is 0 Å². The predicted molar refractivity (Wildman–Crippen MR) is 119 cm³/mol. The first-order chi connectivity index (χ1) is 12.9. The normalized spacial score (nSPS) is 19.6. The molecule has 1 nitrogen and oxygen atoms in total. The van der Waals surface area contributed by atoms with Crippen LogP contribution in [0.3, 0.4) is 0 Å². The molecule has 156 valence electrons. The molecule has 1 rings (SSSR count). The fourth-order valence-corrected chi connectivity index (χ4v) is 4.70. The molecule has 0 aromatic rings. The van der Waals surface area contributed by atoms with E-state index in [1.165, 1.54) is 142 Å². The Morgan fingerprint density at radius 3 is 1.46 bits per heavy atom. The number of unbranched alkanes of at least 4 members (excludes halogenated alkanes) is 7. The fraction of sp³-hybridized carbons (Fsp3) is 1.00. The fourth-order valence-electron chi connectivity index (χ4n) is 4.70. The third kappa shape index (κ3) is 13.2. The quantitative estimate of drug-likeness (QED) is 0.313. The van der Waals surface area contributed by atoms with Gasteiger partial charge in [-0.3, -0.25) is 0 Å². The summed E-state index contributed by atoms with van der Waals surface area (Å²) in [6.07, 6.45) is 29.1. The Kier molecular flexibility index (Phi) is 16.9. The molecule has 1 saturated heterocycles. The zero-order chi connectivity index (χ0) is 18.7. The monoisotopic (exact) mass is 365 g/mol. The van der Waals surface area contributed by atoms with Crippen LogP contribution in [0.2, 0.25) is 0 Å². The van der Waals surface area contributed by atoms with Crippen molar-refractivity contribution in [3.05, 3.63) is 0 Å². The summed E-state index contributed by atoms with van der Waals surface area (Å²) >= 11 is 0. The third-order valence-electron chi connectivity index (χ3n) is 6.42. The molecule has 0 bridgehead atoms. The zero-order valence-electron chi connectivity index (χ0n) is 18.6. The molecule has 0 aromatic heterocycles. The molecule has 1 atom stereocenters. The Hall–Kier alpha value is -0.0400. The number of hydrogen-bond acceptors (Lipinski definition) is 1. The van der Waals surface area contributed by atoms with Crippen LogP contribution in [-0.2, 0) is 0 Å². The van der Waals surface area contributed by atoms with E-state index in [1.807, 2.05) is 0 Å². The van der Waals surface area contributed by atoms with Gasteiger partial charge in [-0.05, 0) is 38.8 Å². The molecular formula is C25H51N. The van der Waals surface area contributed by atoms with Gasteiger partial charge in [0.1, 0.15) is 0 Å². The van der Waals surface area contributed by atoms with Gasteiger partial charge < -0.3 is 4.90 Å². The van der Waals surface area contributed by atoms with Crippen molar-refractivity contribution in [1.29, 1.82) is 0 Å². The topological polar surface area (TPSA) is 3.24 Å². The van der Waals surface area contributed by atoms with Crippen molar-refractivity contribution >= 4 is 0 Å². The lowest BCUT2D eigenvalue weighted by Gasteiger charge is -2.32. The molecule has 1 aliphatic rings. The first-order valence-electron chi connectivity index (χ1n) is 12.6. The van der Waals surface area contributed by atoms with Crippen LogP contribution in [0.5, 0.6) is 0 Å². The van der Waals surface area contributed by atoms with E-state index in [9.17, 15) is 0 Å². The molecule has 0 aromatic carbocycles. The SMILES string of the molecule is CCCCCCCCCCC(CCC)N1CCCCCCCCCCC1. The van der Waals surface area contributed by atoms with Crippen molar-refractivity contribution in [2.45, 2.75) is 148 Å². The molecule has 0 saturated carbocycles. The van der Waals surface area contributed by atoms with E-state index >= 15 is 0 Å². The van der Waals surface area contributed by atoms with E-state index in [2.05, 4.69) is 18.7 Å². The second-order valence-electron chi connectivity index (χ2n) is 8.92. The molecule has 1 heterocycles. The summed E-state index contributed by atoms with van der Waals surface area (Å²) in [5.41, 5.74) is 0. The number of nitrogens with zero attached hydrogens (tertiary/aromatic N) is 1. The largest absolute Gasteiger partial charge is 0.300 e. The molecule has 26 heavy (non-hydrogen) atoms. The van der Waals surface area contributed by atoms with Crippen LogP contribution < -0.4 is 0 Å². The minimum atomic E-state index is 0.878. The molecule has 0 spiro atoms. The first-order valence-corrected chi connectivity index (χ1v) is 12.6. The van der Waals surface area contributed by atoms with Gasteiger partial charge >= 0.3 is 0 Å². The van der Waals surface area contributed by atoms with Crippen LogP contribution in [-0.4, -0.2) is 24.0 Å². The molecule has 0 N–H and O–H groups in total. The van der Waals surface area contributed by atoms with Crippen molar-refractivity contribution in [3.63, 3.8) is 0 Å². The molecule has 1 heteroatoms. The lowest BCUT2D eigenvalue weighted by atomic mass is 9.99. The summed E-state index contributed by atoms with van der Waals surface area (Å²) in [6, 6.07) is 0.878. The van der Waals surface area contributed by atoms with Crippen molar-refractivity contribution in [1.82, 2.24) is 4.90 Å². The molecule has 0 aliphatic carbocycles. The van der Waals surface area contributed by atoms with Crippen LogP contribution >= 0.6 is 0 Å². The van der Waals surface area contributed by atoms with Crippen LogP contribution in [0.25, 0.3) is 0 Å². The second kappa shape index (κ2) is 18.3. The van der Waals surface area contributed by atoms with Gasteiger partial charge in [-0.25, -0.2) is 0 Å². The Morgan fingerprint density at radius 2 is 0.962 bits per heavy atom. The summed E-state index contributed by atoms with van der Waals surface area (Å²) < 4.78 is 0. The molecule has 1 fully saturated rings. The van der Waals surface area contributed by atoms with E-state index in [-0.39, 0.29) is 0 Å². The van der Waals surface area contributed by atoms with Crippen molar-refractivity contribution in [2.24, 2.45) is 0 Å². The summed E-state index contributed by atoms with van der Waals surface area (Å²) in [5.74, 6) is 0. The maximum absolute atomic E-state index is 2.91. The second-order valence-corrected chi connectivity index (χ2v) is 8.92. The average Bonchev–Trinajstić information content (AvgIpc) is 2.64. The molecule has 0 radical (unpaired) electrons. The first kappa shape index (κ1) is 24.0. The van der Waals surface area contributed by atoms with Crippen LogP contribution in [0.4, 0.5) is 0 Å². The summed E-state index contributed by atoms with van der Waals surface area (Å²) in [6.45, 7) is 7.45. The van der Waals surface area contributed by atoms with Crippen LogP contribution in [0.1, 0.15) is 142 Å². The summed E-state index contributed by atoms with van der Waals surface area (Å²) in [7, 11) is 0. The highest BCUT2D eigenvalue weighted by atomic mass is 15.1. The lowest BCUT2D eigenvalue weighted by molar-refractivity contribution is 0.164. The lowest BCUT2D eigenvalue weighted by Crippen LogP contribution is -2.37. The van der Waals surface area contributed by atoms with Gasteiger partial charge in [0.15, 0.2) is 0 Å². The maximum Gasteiger partial charge on any atom is 0.00951 e. The van der Waals surface area contributed by atoms with Crippen molar-refractivity contribution in [3.8, 4) is 0 Å². The van der Waals surface area contributed by atoms with E-state index in [0.717, 1.165) is 6.04 Å². The van der Waals surface area contributed by atoms with Gasteiger partial charge in [-0.15, -0.1) is 0 Å². The van der Waals surface area contributed by atoms with E-state index in [1.54, 1.807) is 0 Å². The summed E-state index contributed by atoms with van der Waals surface area (Å²) in [4.78, 5) is 2.91. The van der Waals surface area contributed by atoms with Crippen molar-refractivity contribution in [2.75, 3.05) is 13.1 Å². The van der Waals surface area contributed by atoms with Crippen molar-refractivity contribution < 1.29 is 0 Å². The van der Waals surface area contributed by atoms with Gasteiger partial charge in [0.25, 0.3) is 0 Å². The highest BCUT2D eigenvalue weighted by Gasteiger charge is 2.17. The predicted octanol–water partition coefficient (Wildman–Crippen LogP) is 8.51. The van der Waals surface area contributed by atoms with Gasteiger partial charge in [0, 0.05) is 6.04 Å². The Bertz CT molecular complexity index is 263. The Labute approximate surface area is 166 Å². The zero-order valence-corrected chi connectivity index (χ0v) is 18.6. The number of hydrogen-bond donors (Lipinski definition) is 0. The van der Waals surface area contributed by atoms with E-state index in [4.69, 9.17) is 0 Å². The standard InChI is InChI=1S/C25H51N/c1-3-5-6-7-8-12-15-18-22-25(21-4-2)26-23-19-16-13-10-9-11-14-17-20-24-26/h25H,3-24H2,1-2H3. The third-order valence-corrected chi connectivity index (χ3v) is 6.42. The Balaban J connectivity index is 2.28. The maximum atomic E-state index is 2.91. The van der Waals surface area contributed by atoms with Gasteiger partial charge in [-0.2, -0.15) is 0 Å². The summed E-state index contributed by atoms with van der Waals surface area (Å²) in [5, 5.41) is 0. The molecule has 1 unspecified atom stereocenters. The van der Waals surface area contributed by atoms with Gasteiger partial charge in [0.2, 0.25) is 0 Å². The van der Waals surface area contributed by atoms with Crippen LogP contribution in [0, 0.1) is 0 Å². The molecular weight excluding hydrogens is 314 g/mol. The molecule has 1 aliphatic heterocycles. The Morgan fingerprint density at radius 1 is 0.500 bits per heavy atom. The van der Waals surface area contributed by atoms with Gasteiger partial charge in [-0.1, -0.05) is 117 Å². The van der Waals surface area contributed by atoms with E-state index < -0.39 is 0 Å². The smallest absolute Gasteiger partial charge is 0.00951 e. The highest BCUT2D eigenvalue weighted by molar-refractivity contribution is 4.73. The number of rotatable bonds is 12. The van der Waals surface area contributed by atoms with Crippen LogP contribution in [0.15, 0.2) is 0 Å².